The van der Waals surface area contributed by atoms with E-state index in [0.29, 0.717) is 22.2 Å². The highest BCUT2D eigenvalue weighted by molar-refractivity contribution is 7.98. The van der Waals surface area contributed by atoms with Crippen molar-refractivity contribution in [2.75, 3.05) is 23.9 Å². The molecule has 0 aliphatic heterocycles. The Balaban J connectivity index is 2.00. The molecule has 3 aromatic rings. The second-order valence-corrected chi connectivity index (χ2v) is 6.38. The summed E-state index contributed by atoms with van der Waals surface area (Å²) in [5, 5.41) is 6.54. The fraction of sp³-hybridized carbons (Fsp3) is 0.158. The van der Waals surface area contributed by atoms with Crippen LogP contribution >= 0.6 is 11.8 Å². The Morgan fingerprint density at radius 3 is 2.35 bits per heavy atom. The van der Waals surface area contributed by atoms with Crippen LogP contribution in [0.1, 0.15) is 15.9 Å². The third kappa shape index (κ3) is 3.83. The molecule has 26 heavy (non-hydrogen) atoms. The van der Waals surface area contributed by atoms with Crippen molar-refractivity contribution in [3.05, 3.63) is 59.9 Å². The molecule has 3 rings (SSSR count). The summed E-state index contributed by atoms with van der Waals surface area (Å²) >= 11 is 1.41. The number of amides is 1. The highest BCUT2D eigenvalue weighted by Gasteiger charge is 2.21. The van der Waals surface area contributed by atoms with Crippen molar-refractivity contribution in [1.29, 1.82) is 0 Å². The second-order valence-electron chi connectivity index (χ2n) is 5.59. The molecule has 0 spiro atoms. The van der Waals surface area contributed by atoms with Gasteiger partial charge in [-0.2, -0.15) is 0 Å². The molecule has 0 saturated carbocycles. The Morgan fingerprint density at radius 1 is 1.04 bits per heavy atom. The lowest BCUT2D eigenvalue weighted by Gasteiger charge is -2.14. The van der Waals surface area contributed by atoms with E-state index in [1.807, 2.05) is 49.6 Å². The summed E-state index contributed by atoms with van der Waals surface area (Å²) in [5.74, 6) is 0.789. The molecule has 0 atom stereocenters. The van der Waals surface area contributed by atoms with Crippen molar-refractivity contribution < 1.29 is 4.79 Å². The number of aryl methyl sites for hydroxylation is 1. The van der Waals surface area contributed by atoms with E-state index in [-0.39, 0.29) is 5.91 Å². The number of carbonyl (C=O) groups is 1. The van der Waals surface area contributed by atoms with Crippen LogP contribution in [0.15, 0.2) is 53.8 Å². The molecule has 0 aliphatic carbocycles. The highest BCUT2D eigenvalue weighted by atomic mass is 32.2. The summed E-state index contributed by atoms with van der Waals surface area (Å²) in [6.07, 6.45) is 5.27. The van der Waals surface area contributed by atoms with Crippen LogP contribution in [0.2, 0.25) is 0 Å². The molecule has 6 nitrogen and oxygen atoms in total. The van der Waals surface area contributed by atoms with Crippen molar-refractivity contribution >= 4 is 29.2 Å². The molecule has 2 N–H and O–H groups in total. The number of hydrogen-bond donors (Lipinski definition) is 2. The van der Waals surface area contributed by atoms with Gasteiger partial charge in [0.05, 0.1) is 0 Å². The molecule has 2 heterocycles. The van der Waals surface area contributed by atoms with Crippen LogP contribution < -0.4 is 10.6 Å². The minimum absolute atomic E-state index is 0.246. The van der Waals surface area contributed by atoms with Gasteiger partial charge in [-0.15, -0.1) is 11.8 Å². The molecule has 0 aliphatic rings. The molecule has 1 amide bonds. The summed E-state index contributed by atoms with van der Waals surface area (Å²) < 4.78 is 0. The average molecular weight is 365 g/mol. The Hall–Kier alpha value is -2.93. The zero-order valence-electron chi connectivity index (χ0n) is 14.8. The van der Waals surface area contributed by atoms with Gasteiger partial charge in [-0.3, -0.25) is 9.78 Å². The fourth-order valence-corrected chi connectivity index (χ4v) is 3.01. The van der Waals surface area contributed by atoms with Crippen LogP contribution in [0, 0.1) is 6.92 Å². The lowest BCUT2D eigenvalue weighted by Crippen LogP contribution is -2.17. The molecule has 0 fully saturated rings. The van der Waals surface area contributed by atoms with Crippen molar-refractivity contribution in [2.45, 2.75) is 11.9 Å². The Morgan fingerprint density at radius 2 is 1.73 bits per heavy atom. The van der Waals surface area contributed by atoms with E-state index < -0.39 is 0 Å². The lowest BCUT2D eigenvalue weighted by molar-refractivity contribution is 0.102. The molecular formula is C19H19N5OS. The number of carbonyl (C=O) groups excluding carboxylic acids is 1. The Bertz CT molecular complexity index is 888. The van der Waals surface area contributed by atoms with Crippen LogP contribution in [0.3, 0.4) is 0 Å². The minimum Gasteiger partial charge on any atom is -0.372 e. The van der Waals surface area contributed by atoms with Gasteiger partial charge in [0.2, 0.25) is 0 Å². The van der Waals surface area contributed by atoms with E-state index in [1.54, 1.807) is 19.4 Å². The third-order valence-electron chi connectivity index (χ3n) is 3.78. The maximum absolute atomic E-state index is 12.9. The molecule has 2 aromatic heterocycles. The Labute approximate surface area is 156 Å². The van der Waals surface area contributed by atoms with Crippen molar-refractivity contribution in [3.8, 4) is 11.4 Å². The first kappa shape index (κ1) is 17.9. The van der Waals surface area contributed by atoms with Crippen molar-refractivity contribution in [3.63, 3.8) is 0 Å². The standard InChI is InChI=1S/C19H19N5OS/c1-12-4-6-14(7-5-12)22-18(25)15-17(20-2)23-16(24-19(15)26-3)13-8-10-21-11-9-13/h4-11H,1-3H3,(H,22,25)(H,20,23,24). The quantitative estimate of drug-likeness (QED) is 0.528. The van der Waals surface area contributed by atoms with Gasteiger partial charge >= 0.3 is 0 Å². The van der Waals surface area contributed by atoms with E-state index >= 15 is 0 Å². The zero-order valence-corrected chi connectivity index (χ0v) is 15.6. The first-order chi connectivity index (χ1) is 12.6. The molecule has 0 unspecified atom stereocenters. The van der Waals surface area contributed by atoms with Gasteiger partial charge in [0, 0.05) is 30.7 Å². The smallest absolute Gasteiger partial charge is 0.262 e. The van der Waals surface area contributed by atoms with Crippen LogP contribution in [0.4, 0.5) is 11.5 Å². The van der Waals surface area contributed by atoms with Gasteiger partial charge in [-0.25, -0.2) is 9.97 Å². The van der Waals surface area contributed by atoms with E-state index in [2.05, 4.69) is 25.6 Å². The van der Waals surface area contributed by atoms with Gasteiger partial charge in [0.1, 0.15) is 16.4 Å². The first-order valence-electron chi connectivity index (χ1n) is 8.04. The third-order valence-corrected chi connectivity index (χ3v) is 4.46. The Kier molecular flexibility index (Phi) is 5.48. The minimum atomic E-state index is -0.246. The molecule has 132 valence electrons. The lowest BCUT2D eigenvalue weighted by atomic mass is 10.2. The molecule has 0 saturated heterocycles. The number of aromatic nitrogens is 3. The monoisotopic (exact) mass is 365 g/mol. The second kappa shape index (κ2) is 7.97. The van der Waals surface area contributed by atoms with Crippen molar-refractivity contribution in [2.24, 2.45) is 0 Å². The highest BCUT2D eigenvalue weighted by Crippen LogP contribution is 2.28. The van der Waals surface area contributed by atoms with Crippen LogP contribution in [0.25, 0.3) is 11.4 Å². The maximum atomic E-state index is 12.9. The predicted molar refractivity (Wildman–Crippen MR) is 106 cm³/mol. The van der Waals surface area contributed by atoms with Gasteiger partial charge in [-0.05, 0) is 37.4 Å². The van der Waals surface area contributed by atoms with Gasteiger partial charge in [-0.1, -0.05) is 17.7 Å². The van der Waals surface area contributed by atoms with Crippen LogP contribution in [0.5, 0.6) is 0 Å². The van der Waals surface area contributed by atoms with Gasteiger partial charge in [0.15, 0.2) is 5.82 Å². The average Bonchev–Trinajstić information content (AvgIpc) is 2.69. The SMILES string of the molecule is CNc1nc(-c2ccncc2)nc(SC)c1C(=O)Nc1ccc(C)cc1. The summed E-state index contributed by atoms with van der Waals surface area (Å²) in [6.45, 7) is 2.00. The first-order valence-corrected chi connectivity index (χ1v) is 9.27. The number of rotatable bonds is 5. The van der Waals surface area contributed by atoms with E-state index in [0.717, 1.165) is 16.8 Å². The maximum Gasteiger partial charge on any atom is 0.262 e. The summed E-state index contributed by atoms with van der Waals surface area (Å²) in [7, 11) is 1.74. The number of anilines is 2. The largest absolute Gasteiger partial charge is 0.372 e. The molecular weight excluding hydrogens is 346 g/mol. The summed E-state index contributed by atoms with van der Waals surface area (Å²) in [6, 6.07) is 11.3. The van der Waals surface area contributed by atoms with Crippen LogP contribution in [-0.4, -0.2) is 34.2 Å². The number of nitrogens with zero attached hydrogens (tertiary/aromatic N) is 3. The number of pyridine rings is 1. The van der Waals surface area contributed by atoms with Gasteiger partial charge in [0.25, 0.3) is 5.91 Å². The normalized spacial score (nSPS) is 10.4. The van der Waals surface area contributed by atoms with Crippen LogP contribution in [-0.2, 0) is 0 Å². The number of hydrogen-bond acceptors (Lipinski definition) is 6. The fourth-order valence-electron chi connectivity index (χ4n) is 2.43. The number of thioether (sulfide) groups is 1. The number of benzene rings is 1. The molecule has 1 aromatic carbocycles. The molecule has 0 radical (unpaired) electrons. The molecule has 7 heteroatoms. The summed E-state index contributed by atoms with van der Waals surface area (Å²) in [5.41, 5.74) is 3.14. The molecule has 0 bridgehead atoms. The zero-order chi connectivity index (χ0) is 18.5. The topological polar surface area (TPSA) is 79.8 Å². The van der Waals surface area contributed by atoms with Crippen molar-refractivity contribution in [1.82, 2.24) is 15.0 Å². The van der Waals surface area contributed by atoms with E-state index in [4.69, 9.17) is 0 Å². The van der Waals surface area contributed by atoms with E-state index in [9.17, 15) is 4.79 Å². The number of nitrogens with one attached hydrogen (secondary N) is 2. The van der Waals surface area contributed by atoms with Gasteiger partial charge < -0.3 is 10.6 Å². The summed E-state index contributed by atoms with van der Waals surface area (Å²) in [4.78, 5) is 26.0. The predicted octanol–water partition coefficient (Wildman–Crippen LogP) is 3.86. The van der Waals surface area contributed by atoms with E-state index in [1.165, 1.54) is 11.8 Å².